The predicted molar refractivity (Wildman–Crippen MR) is 55.2 cm³/mol. The second-order valence-electron chi connectivity index (χ2n) is 4.50. The molecule has 12 heavy (non-hydrogen) atoms. The highest BCUT2D eigenvalue weighted by molar-refractivity contribution is 4.77. The summed E-state index contributed by atoms with van der Waals surface area (Å²) in [4.78, 5) is 0. The molecule has 0 radical (unpaired) electrons. The van der Waals surface area contributed by atoms with Crippen LogP contribution < -0.4 is 0 Å². The number of rotatable bonds is 3. The van der Waals surface area contributed by atoms with Crippen molar-refractivity contribution in [2.24, 2.45) is 17.8 Å². The van der Waals surface area contributed by atoms with Gasteiger partial charge < -0.3 is 0 Å². The fourth-order valence-corrected chi connectivity index (χ4v) is 2.80. The van der Waals surface area contributed by atoms with E-state index in [1.807, 2.05) is 0 Å². The van der Waals surface area contributed by atoms with Gasteiger partial charge in [0, 0.05) is 0 Å². The summed E-state index contributed by atoms with van der Waals surface area (Å²) in [5.41, 5.74) is 0. The van der Waals surface area contributed by atoms with Crippen molar-refractivity contribution in [2.75, 3.05) is 0 Å². The minimum absolute atomic E-state index is 0.968. The minimum Gasteiger partial charge on any atom is -0.0651 e. The third-order valence-corrected chi connectivity index (χ3v) is 3.87. The summed E-state index contributed by atoms with van der Waals surface area (Å²) in [6.07, 6.45) is 8.78. The maximum absolute atomic E-state index is 2.44. The molecule has 0 N–H and O–H groups in total. The zero-order valence-electron chi connectivity index (χ0n) is 8.97. The van der Waals surface area contributed by atoms with E-state index in [1.54, 1.807) is 0 Å². The minimum atomic E-state index is 0.968. The van der Waals surface area contributed by atoms with E-state index in [2.05, 4.69) is 20.8 Å². The zero-order valence-corrected chi connectivity index (χ0v) is 8.97. The van der Waals surface area contributed by atoms with Gasteiger partial charge in [0.25, 0.3) is 0 Å². The summed E-state index contributed by atoms with van der Waals surface area (Å²) >= 11 is 0. The summed E-state index contributed by atoms with van der Waals surface area (Å²) in [5, 5.41) is 0. The van der Waals surface area contributed by atoms with Gasteiger partial charge in [0.1, 0.15) is 0 Å². The van der Waals surface area contributed by atoms with Crippen LogP contribution >= 0.6 is 0 Å². The van der Waals surface area contributed by atoms with Gasteiger partial charge in [-0.15, -0.1) is 0 Å². The van der Waals surface area contributed by atoms with Crippen LogP contribution in [0.5, 0.6) is 0 Å². The Morgan fingerprint density at radius 3 is 2.42 bits per heavy atom. The average Bonchev–Trinajstić information content (AvgIpc) is 2.16. The van der Waals surface area contributed by atoms with Crippen LogP contribution in [-0.2, 0) is 0 Å². The van der Waals surface area contributed by atoms with Gasteiger partial charge >= 0.3 is 0 Å². The first kappa shape index (κ1) is 10.1. The Labute approximate surface area is 77.7 Å². The summed E-state index contributed by atoms with van der Waals surface area (Å²) in [6.45, 7) is 7.15. The highest BCUT2D eigenvalue weighted by Crippen LogP contribution is 2.37. The van der Waals surface area contributed by atoms with E-state index in [0.29, 0.717) is 0 Å². The smallest absolute Gasteiger partial charge is 0.0360 e. The number of hydrogen-bond donors (Lipinski definition) is 0. The molecule has 1 unspecified atom stereocenters. The van der Waals surface area contributed by atoms with E-state index in [0.717, 1.165) is 17.8 Å². The zero-order chi connectivity index (χ0) is 8.97. The summed E-state index contributed by atoms with van der Waals surface area (Å²) in [6, 6.07) is 0. The molecule has 0 heteroatoms. The highest BCUT2D eigenvalue weighted by atomic mass is 14.3. The van der Waals surface area contributed by atoms with Gasteiger partial charge in [-0.2, -0.15) is 0 Å². The van der Waals surface area contributed by atoms with Crippen LogP contribution in [0.1, 0.15) is 59.3 Å². The molecule has 0 spiro atoms. The molecule has 0 aromatic rings. The van der Waals surface area contributed by atoms with Crippen LogP contribution in [0, 0.1) is 17.8 Å². The van der Waals surface area contributed by atoms with Gasteiger partial charge in [-0.1, -0.05) is 52.9 Å². The third kappa shape index (κ3) is 2.24. The molecule has 0 heterocycles. The molecule has 1 saturated carbocycles. The fourth-order valence-electron chi connectivity index (χ4n) is 2.80. The molecular formula is C12H24. The Hall–Kier alpha value is 0. The van der Waals surface area contributed by atoms with Crippen LogP contribution in [0.4, 0.5) is 0 Å². The molecule has 0 aromatic heterocycles. The van der Waals surface area contributed by atoms with Crippen molar-refractivity contribution in [1.82, 2.24) is 0 Å². The molecule has 0 amide bonds. The van der Waals surface area contributed by atoms with Gasteiger partial charge in [0.05, 0.1) is 0 Å². The summed E-state index contributed by atoms with van der Waals surface area (Å²) in [7, 11) is 0. The van der Waals surface area contributed by atoms with Gasteiger partial charge in [0.2, 0.25) is 0 Å². The molecule has 1 aliphatic carbocycles. The Morgan fingerprint density at radius 1 is 1.17 bits per heavy atom. The topological polar surface area (TPSA) is 0 Å². The van der Waals surface area contributed by atoms with Crippen LogP contribution in [-0.4, -0.2) is 0 Å². The molecule has 1 rings (SSSR count). The van der Waals surface area contributed by atoms with Crippen molar-refractivity contribution in [1.29, 1.82) is 0 Å². The van der Waals surface area contributed by atoms with Crippen LogP contribution in [0.3, 0.4) is 0 Å². The van der Waals surface area contributed by atoms with Crippen LogP contribution in [0.15, 0.2) is 0 Å². The van der Waals surface area contributed by atoms with Crippen LogP contribution in [0.25, 0.3) is 0 Å². The van der Waals surface area contributed by atoms with E-state index in [4.69, 9.17) is 0 Å². The van der Waals surface area contributed by atoms with Crippen LogP contribution in [0.2, 0.25) is 0 Å². The maximum atomic E-state index is 2.44. The van der Waals surface area contributed by atoms with E-state index in [-0.39, 0.29) is 0 Å². The molecule has 0 saturated heterocycles. The maximum Gasteiger partial charge on any atom is -0.0360 e. The lowest BCUT2D eigenvalue weighted by atomic mass is 9.71. The molecule has 0 bridgehead atoms. The van der Waals surface area contributed by atoms with E-state index < -0.39 is 0 Å². The number of hydrogen-bond acceptors (Lipinski definition) is 0. The Morgan fingerprint density at radius 2 is 1.83 bits per heavy atom. The lowest BCUT2D eigenvalue weighted by molar-refractivity contribution is 0.162. The standard InChI is InChI=1S/C12H24/c1-4-10(3)12-9-7-6-8-11(12)5-2/h10-12H,4-9H2,1-3H3/t10-,11+,12?/m0/s1. The van der Waals surface area contributed by atoms with Gasteiger partial charge in [-0.05, 0) is 24.2 Å². The van der Waals surface area contributed by atoms with Crippen molar-refractivity contribution in [3.63, 3.8) is 0 Å². The Bertz CT molecular complexity index is 117. The van der Waals surface area contributed by atoms with Gasteiger partial charge in [0.15, 0.2) is 0 Å². The fraction of sp³-hybridized carbons (Fsp3) is 1.00. The lowest BCUT2D eigenvalue weighted by Crippen LogP contribution is -2.24. The molecular weight excluding hydrogens is 144 g/mol. The normalized spacial score (nSPS) is 33.2. The second-order valence-corrected chi connectivity index (χ2v) is 4.50. The van der Waals surface area contributed by atoms with E-state index >= 15 is 0 Å². The SMILES string of the molecule is CC[C@@H]1CCCCC1[C@@H](C)CC. The monoisotopic (exact) mass is 168 g/mol. The first-order valence-corrected chi connectivity index (χ1v) is 5.79. The summed E-state index contributed by atoms with van der Waals surface area (Å²) in [5.74, 6) is 3.07. The third-order valence-electron chi connectivity index (χ3n) is 3.87. The largest absolute Gasteiger partial charge is 0.0651 e. The predicted octanol–water partition coefficient (Wildman–Crippen LogP) is 4.25. The molecule has 3 atom stereocenters. The molecule has 72 valence electrons. The second kappa shape index (κ2) is 4.89. The molecule has 0 aromatic carbocycles. The molecule has 1 aliphatic rings. The van der Waals surface area contributed by atoms with Gasteiger partial charge in [-0.3, -0.25) is 0 Å². The molecule has 0 aliphatic heterocycles. The van der Waals surface area contributed by atoms with Crippen molar-refractivity contribution in [3.8, 4) is 0 Å². The Kier molecular flexibility index (Phi) is 4.11. The van der Waals surface area contributed by atoms with E-state index in [1.165, 1.54) is 38.5 Å². The highest BCUT2D eigenvalue weighted by Gasteiger charge is 2.26. The first-order valence-electron chi connectivity index (χ1n) is 5.79. The van der Waals surface area contributed by atoms with Crippen molar-refractivity contribution in [2.45, 2.75) is 59.3 Å². The molecule has 1 fully saturated rings. The van der Waals surface area contributed by atoms with Gasteiger partial charge in [-0.25, -0.2) is 0 Å². The first-order chi connectivity index (χ1) is 5.79. The van der Waals surface area contributed by atoms with Crippen molar-refractivity contribution < 1.29 is 0 Å². The van der Waals surface area contributed by atoms with E-state index in [9.17, 15) is 0 Å². The molecule has 0 nitrogen and oxygen atoms in total. The van der Waals surface area contributed by atoms with Crippen molar-refractivity contribution in [3.05, 3.63) is 0 Å². The average molecular weight is 168 g/mol. The Balaban J connectivity index is 2.46. The summed E-state index contributed by atoms with van der Waals surface area (Å²) < 4.78 is 0. The lowest BCUT2D eigenvalue weighted by Gasteiger charge is -2.34. The quantitative estimate of drug-likeness (QED) is 0.591. The van der Waals surface area contributed by atoms with Crippen molar-refractivity contribution >= 4 is 0 Å².